The number of fused-ring (bicyclic) bond motifs is 1. The molecule has 1 aromatic heterocycles. The van der Waals surface area contributed by atoms with Gasteiger partial charge in [-0.3, -0.25) is 24.9 Å². The van der Waals surface area contributed by atoms with Gasteiger partial charge in [0, 0.05) is 75.9 Å². The molecule has 1 unspecified atom stereocenters. The van der Waals surface area contributed by atoms with Gasteiger partial charge in [0.1, 0.15) is 11.6 Å². The van der Waals surface area contributed by atoms with Gasteiger partial charge >= 0.3 is 6.03 Å². The maximum absolute atomic E-state index is 11.5. The van der Waals surface area contributed by atoms with Gasteiger partial charge < -0.3 is 24.8 Å². The van der Waals surface area contributed by atoms with Gasteiger partial charge in [-0.2, -0.15) is 0 Å². The summed E-state index contributed by atoms with van der Waals surface area (Å²) in [6.45, 7) is 11.8. The van der Waals surface area contributed by atoms with E-state index in [1.807, 2.05) is 32.0 Å². The molecule has 0 bridgehead atoms. The van der Waals surface area contributed by atoms with E-state index in [0.29, 0.717) is 12.1 Å². The summed E-state index contributed by atoms with van der Waals surface area (Å²) in [5.41, 5.74) is 3.41. The molecule has 2 fully saturated rings. The maximum atomic E-state index is 11.5. The zero-order valence-corrected chi connectivity index (χ0v) is 24.7. The number of ether oxygens (including phenoxy) is 1. The van der Waals surface area contributed by atoms with Crippen LogP contribution in [0.1, 0.15) is 47.8 Å². The van der Waals surface area contributed by atoms with Gasteiger partial charge in [0.05, 0.1) is 7.11 Å². The number of carbonyl (C=O) groups excluding carboxylic acids is 3. The Balaban J connectivity index is 0.000000257. The summed E-state index contributed by atoms with van der Waals surface area (Å²) in [4.78, 5) is 49.3. The topological polar surface area (TPSA) is 119 Å². The lowest BCUT2D eigenvalue weighted by atomic mass is 10.1. The zero-order chi connectivity index (χ0) is 29.9. The number of nitrogens with zero attached hydrogens (tertiary/aromatic N) is 5. The predicted molar refractivity (Wildman–Crippen MR) is 158 cm³/mol. The summed E-state index contributed by atoms with van der Waals surface area (Å²) >= 11 is 0. The van der Waals surface area contributed by atoms with Crippen molar-refractivity contribution in [3.63, 3.8) is 0 Å². The third kappa shape index (κ3) is 7.83. The number of benzene rings is 1. The second kappa shape index (κ2) is 14.8. The Morgan fingerprint density at radius 1 is 1.12 bits per heavy atom. The fourth-order valence-electron chi connectivity index (χ4n) is 4.59. The minimum Gasteiger partial charge on any atom is -0.497 e. The molecular weight excluding hydrogens is 522 g/mol. The van der Waals surface area contributed by atoms with Crippen LogP contribution in [-0.2, 0) is 11.3 Å². The number of piperazine rings is 1. The molecule has 2 N–H and O–H groups in total. The maximum Gasteiger partial charge on any atom is 0.322 e. The van der Waals surface area contributed by atoms with Gasteiger partial charge in [-0.15, -0.1) is 0 Å². The van der Waals surface area contributed by atoms with Crippen LogP contribution >= 0.6 is 0 Å². The lowest BCUT2D eigenvalue weighted by Crippen LogP contribution is -2.48. The van der Waals surface area contributed by atoms with Crippen LogP contribution in [-0.4, -0.2) is 103 Å². The Labute approximate surface area is 242 Å². The minimum atomic E-state index is -0.826. The van der Waals surface area contributed by atoms with Gasteiger partial charge in [0.2, 0.25) is 0 Å². The summed E-state index contributed by atoms with van der Waals surface area (Å²) in [6, 6.07) is 6.17. The van der Waals surface area contributed by atoms with E-state index in [1.54, 1.807) is 44.6 Å². The van der Waals surface area contributed by atoms with E-state index in [1.165, 1.54) is 0 Å². The van der Waals surface area contributed by atoms with Crippen molar-refractivity contribution in [1.82, 2.24) is 30.3 Å². The molecule has 0 spiro atoms. The van der Waals surface area contributed by atoms with E-state index >= 15 is 0 Å². The summed E-state index contributed by atoms with van der Waals surface area (Å²) < 4.78 is 5.05. The number of carbonyl (C=O) groups is 3. The number of amides is 4. The van der Waals surface area contributed by atoms with Crippen molar-refractivity contribution in [3.05, 3.63) is 58.9 Å². The van der Waals surface area contributed by atoms with Crippen LogP contribution in [0.15, 0.2) is 41.7 Å². The second-order valence-corrected chi connectivity index (χ2v) is 9.28. The third-order valence-corrected chi connectivity index (χ3v) is 6.76. The third-order valence-electron chi connectivity index (χ3n) is 6.76. The fourth-order valence-corrected chi connectivity index (χ4v) is 4.59. The molecule has 2 aromatic rings. The highest BCUT2D eigenvalue weighted by molar-refractivity contribution is 6.06. The SMILES string of the molecule is CC.CCN1CCN(C(=NC)c2cncc(C#CC3NC(=O)NC3=O)c2)CC1.COc1ccc2c(c1)C(=O)N(C)C2. The number of hydrogen-bond donors (Lipinski definition) is 2. The Hall–Kier alpha value is -4.43. The van der Waals surface area contributed by atoms with E-state index in [2.05, 4.69) is 49.2 Å². The standard InChI is InChI=1S/C18H22N6O2.C10H11NO2.C2H6/c1-3-23-6-8-24(9-7-23)16(19-2)14-10-13(11-20-12-14)4-5-15-17(25)22-18(26)21-15;1-11-6-7-3-4-8(13-2)5-9(7)10(11)12;1-2/h10-12,15H,3,6-9H2,1-2H3,(H2,21,22,25,26);3-5H,6H2,1-2H3;1-2H3. The lowest BCUT2D eigenvalue weighted by Gasteiger charge is -2.36. The second-order valence-electron chi connectivity index (χ2n) is 9.28. The number of likely N-dealkylation sites (N-methyl/N-ethyl adjacent to an activating group) is 1. The number of imide groups is 1. The summed E-state index contributed by atoms with van der Waals surface area (Å²) in [5.74, 6) is 6.94. The van der Waals surface area contributed by atoms with Crippen LogP contribution in [0.5, 0.6) is 5.75 Å². The quantitative estimate of drug-likeness (QED) is 0.255. The molecule has 3 aliphatic heterocycles. The van der Waals surface area contributed by atoms with Gasteiger partial charge in [0.25, 0.3) is 11.8 Å². The van der Waals surface area contributed by atoms with E-state index in [0.717, 1.165) is 61.0 Å². The molecule has 0 aliphatic carbocycles. The molecule has 4 heterocycles. The van der Waals surface area contributed by atoms with E-state index < -0.39 is 18.0 Å². The molecule has 4 amide bonds. The molecular formula is C30H39N7O4. The van der Waals surface area contributed by atoms with Crippen LogP contribution in [0.3, 0.4) is 0 Å². The fraction of sp³-hybridized carbons (Fsp3) is 0.433. The van der Waals surface area contributed by atoms with E-state index in [-0.39, 0.29) is 5.91 Å². The molecule has 3 aliphatic rings. The molecule has 1 aromatic carbocycles. The van der Waals surface area contributed by atoms with Crippen LogP contribution < -0.4 is 15.4 Å². The number of methoxy groups -OCH3 is 1. The van der Waals surface area contributed by atoms with Crippen molar-refractivity contribution < 1.29 is 19.1 Å². The Kier molecular flexibility index (Phi) is 11.2. The van der Waals surface area contributed by atoms with E-state index in [4.69, 9.17) is 4.74 Å². The number of hydrogen-bond acceptors (Lipinski definition) is 7. The van der Waals surface area contributed by atoms with Crippen molar-refractivity contribution >= 4 is 23.7 Å². The number of aliphatic imine (C=N–C) groups is 1. The number of rotatable bonds is 3. The Bertz CT molecular complexity index is 1340. The first kappa shape index (κ1) is 31.1. The first-order valence-electron chi connectivity index (χ1n) is 13.8. The van der Waals surface area contributed by atoms with Crippen LogP contribution in [0, 0.1) is 11.8 Å². The number of nitrogens with one attached hydrogen (secondary N) is 2. The van der Waals surface area contributed by atoms with Gasteiger partial charge in [-0.1, -0.05) is 38.7 Å². The molecule has 1 atom stereocenters. The molecule has 11 heteroatoms. The molecule has 0 saturated carbocycles. The monoisotopic (exact) mass is 561 g/mol. The van der Waals surface area contributed by atoms with Crippen LogP contribution in [0.4, 0.5) is 4.79 Å². The number of amidine groups is 1. The Morgan fingerprint density at radius 2 is 1.85 bits per heavy atom. The molecule has 11 nitrogen and oxygen atoms in total. The first-order valence-corrected chi connectivity index (χ1v) is 13.8. The van der Waals surface area contributed by atoms with Crippen LogP contribution in [0.2, 0.25) is 0 Å². The average Bonchev–Trinajstić information content (AvgIpc) is 3.49. The summed E-state index contributed by atoms with van der Waals surface area (Å²) in [5, 5.41) is 4.61. The minimum absolute atomic E-state index is 0.0777. The molecule has 0 radical (unpaired) electrons. The normalized spacial score (nSPS) is 18.1. The van der Waals surface area contributed by atoms with Gasteiger partial charge in [-0.05, 0) is 30.3 Å². The number of pyridine rings is 1. The Morgan fingerprint density at radius 3 is 2.46 bits per heavy atom. The smallest absolute Gasteiger partial charge is 0.322 e. The number of urea groups is 1. The summed E-state index contributed by atoms with van der Waals surface area (Å²) in [6.07, 6.45) is 3.40. The first-order chi connectivity index (χ1) is 19.8. The van der Waals surface area contributed by atoms with Crippen molar-refractivity contribution in [2.75, 3.05) is 53.9 Å². The molecule has 2 saturated heterocycles. The zero-order valence-electron chi connectivity index (χ0n) is 24.7. The van der Waals surface area contributed by atoms with Crippen molar-refractivity contribution in [1.29, 1.82) is 0 Å². The highest BCUT2D eigenvalue weighted by Gasteiger charge is 2.27. The lowest BCUT2D eigenvalue weighted by molar-refractivity contribution is -0.119. The largest absolute Gasteiger partial charge is 0.497 e. The van der Waals surface area contributed by atoms with Crippen molar-refractivity contribution in [2.45, 2.75) is 33.4 Å². The number of aromatic nitrogens is 1. The average molecular weight is 562 g/mol. The molecule has 218 valence electrons. The van der Waals surface area contributed by atoms with Gasteiger partial charge in [0.15, 0.2) is 6.04 Å². The van der Waals surface area contributed by atoms with Crippen molar-refractivity contribution in [3.8, 4) is 17.6 Å². The van der Waals surface area contributed by atoms with Crippen molar-refractivity contribution in [2.24, 2.45) is 4.99 Å². The van der Waals surface area contributed by atoms with Crippen LogP contribution in [0.25, 0.3) is 0 Å². The van der Waals surface area contributed by atoms with Gasteiger partial charge in [-0.25, -0.2) is 4.79 Å². The molecule has 41 heavy (non-hydrogen) atoms. The molecule has 5 rings (SSSR count). The highest BCUT2D eigenvalue weighted by Crippen LogP contribution is 2.25. The van der Waals surface area contributed by atoms with E-state index in [9.17, 15) is 14.4 Å². The highest BCUT2D eigenvalue weighted by atomic mass is 16.5. The predicted octanol–water partition coefficient (Wildman–Crippen LogP) is 1.96. The summed E-state index contributed by atoms with van der Waals surface area (Å²) in [7, 11) is 5.18.